The van der Waals surface area contributed by atoms with E-state index < -0.39 is 13.1 Å². The van der Waals surface area contributed by atoms with E-state index in [2.05, 4.69) is 9.34 Å². The third kappa shape index (κ3) is 3.93. The molecular weight excluding hydrogens is 391 g/mol. The summed E-state index contributed by atoms with van der Waals surface area (Å²) < 4.78 is 19.4. The number of hydrogen-bond acceptors (Lipinski definition) is 2. The van der Waals surface area contributed by atoms with Gasteiger partial charge in [-0.05, 0) is 43.2 Å². The van der Waals surface area contributed by atoms with Crippen molar-refractivity contribution in [1.82, 2.24) is 0 Å². The molecule has 0 bridgehead atoms. The number of para-hydroxylation sites is 2. The Balaban J connectivity index is 1.91. The number of nitrogens with zero attached hydrogens (tertiary/aromatic N) is 2. The van der Waals surface area contributed by atoms with Crippen molar-refractivity contribution in [2.24, 2.45) is 0 Å². The molecule has 0 radical (unpaired) electrons. The van der Waals surface area contributed by atoms with Crippen molar-refractivity contribution in [3.05, 3.63) is 96.6 Å². The molecule has 0 aromatic heterocycles. The number of carbonyl (C=O) groups excluding carboxylic acids is 1. The summed E-state index contributed by atoms with van der Waals surface area (Å²) in [5, 5.41) is 0. The molecule has 0 amide bonds. The fraction of sp³-hybridized carbons (Fsp3) is 0.240. The fourth-order valence-electron chi connectivity index (χ4n) is 4.29. The average Bonchev–Trinajstić information content (AvgIpc) is 2.79. The number of anilines is 2. The van der Waals surface area contributed by atoms with Crippen molar-refractivity contribution in [3.63, 3.8) is 0 Å². The Hall–Kier alpha value is -2.84. The molecule has 4 nitrogen and oxygen atoms in total. The molecule has 0 N–H and O–H groups in total. The highest BCUT2D eigenvalue weighted by Gasteiger charge is 2.48. The van der Waals surface area contributed by atoms with Crippen molar-refractivity contribution >= 4 is 24.6 Å². The van der Waals surface area contributed by atoms with Gasteiger partial charge in [0.2, 0.25) is 0 Å². The van der Waals surface area contributed by atoms with Gasteiger partial charge >= 0.3 is 0 Å². The highest BCUT2D eigenvalue weighted by molar-refractivity contribution is 7.67. The first kappa shape index (κ1) is 20.4. The highest BCUT2D eigenvalue weighted by Crippen LogP contribution is 2.68. The molecule has 3 aromatic carbocycles. The largest absolute Gasteiger partial charge is 0.306 e. The predicted octanol–water partition coefficient (Wildman–Crippen LogP) is 6.32. The van der Waals surface area contributed by atoms with Crippen LogP contribution in [0.3, 0.4) is 0 Å². The maximum absolute atomic E-state index is 15.2. The minimum atomic E-state index is -3.22. The lowest BCUT2D eigenvalue weighted by molar-refractivity contribution is -0.117. The molecule has 1 unspecified atom stereocenters. The summed E-state index contributed by atoms with van der Waals surface area (Å²) in [6, 6.07) is 29.7. The van der Waals surface area contributed by atoms with Gasteiger partial charge in [-0.2, -0.15) is 0 Å². The predicted molar refractivity (Wildman–Crippen MR) is 124 cm³/mol. The average molecular weight is 418 g/mol. The van der Waals surface area contributed by atoms with Gasteiger partial charge in [-0.1, -0.05) is 66.7 Å². The first-order valence-corrected chi connectivity index (χ1v) is 12.1. The summed E-state index contributed by atoms with van der Waals surface area (Å²) >= 11 is 0. The van der Waals surface area contributed by atoms with E-state index in [1.165, 1.54) is 0 Å². The van der Waals surface area contributed by atoms with Crippen LogP contribution in [0.4, 0.5) is 11.4 Å². The number of rotatable bonds is 6. The lowest BCUT2D eigenvalue weighted by atomic mass is 10.1. The van der Waals surface area contributed by atoms with Crippen LogP contribution in [-0.4, -0.2) is 18.9 Å². The minimum absolute atomic E-state index is 0.0469. The molecule has 1 fully saturated rings. The van der Waals surface area contributed by atoms with Crippen LogP contribution in [0.5, 0.6) is 0 Å². The first-order valence-electron chi connectivity index (χ1n) is 10.4. The molecule has 0 saturated carbocycles. The summed E-state index contributed by atoms with van der Waals surface area (Å²) in [4.78, 5) is 12.3. The fourth-order valence-corrected chi connectivity index (χ4v) is 8.06. The van der Waals surface area contributed by atoms with E-state index in [1.807, 2.05) is 91.0 Å². The summed E-state index contributed by atoms with van der Waals surface area (Å²) in [5.74, 6) is 0.0469. The summed E-state index contributed by atoms with van der Waals surface area (Å²) in [7, 11) is -3.22. The van der Waals surface area contributed by atoms with Gasteiger partial charge < -0.3 is 9.34 Å². The van der Waals surface area contributed by atoms with Gasteiger partial charge in [-0.3, -0.25) is 9.36 Å². The van der Waals surface area contributed by atoms with Crippen LogP contribution >= 0.6 is 7.44 Å². The van der Waals surface area contributed by atoms with Crippen molar-refractivity contribution in [2.45, 2.75) is 25.4 Å². The molecule has 154 valence electrons. The lowest BCUT2D eigenvalue weighted by Crippen LogP contribution is -2.42. The van der Waals surface area contributed by atoms with Crippen LogP contribution in [0.25, 0.3) is 0 Å². The van der Waals surface area contributed by atoms with Crippen LogP contribution in [-0.2, 0) is 9.36 Å². The number of carbonyl (C=O) groups is 1. The standard InChI is InChI=1S/C25H27N2O2P/c1-21(28)20-25(22-12-5-2-6-13-22)30(29)26(23-14-7-3-8-15-23)18-11-19-27(30)24-16-9-4-10-17-24/h2-10,12-17,25H,11,18-20H2,1H3. The van der Waals surface area contributed by atoms with Gasteiger partial charge in [-0.25, -0.2) is 0 Å². The zero-order valence-corrected chi connectivity index (χ0v) is 18.1. The van der Waals surface area contributed by atoms with Crippen LogP contribution in [0, 0.1) is 0 Å². The second kappa shape index (κ2) is 8.89. The Bertz CT molecular complexity index is 973. The molecule has 1 heterocycles. The van der Waals surface area contributed by atoms with Crippen molar-refractivity contribution in [3.8, 4) is 0 Å². The third-order valence-electron chi connectivity index (χ3n) is 5.61. The smallest absolute Gasteiger partial charge is 0.270 e. The Morgan fingerprint density at radius 2 is 1.23 bits per heavy atom. The van der Waals surface area contributed by atoms with Gasteiger partial charge in [0.25, 0.3) is 7.44 Å². The summed E-state index contributed by atoms with van der Waals surface area (Å²) in [6.07, 6.45) is 1.14. The molecule has 3 aromatic rings. The first-order chi connectivity index (χ1) is 14.6. The maximum Gasteiger partial charge on any atom is 0.270 e. The second-order valence-corrected chi connectivity index (χ2v) is 10.5. The topological polar surface area (TPSA) is 40.6 Å². The van der Waals surface area contributed by atoms with E-state index in [4.69, 9.17) is 0 Å². The van der Waals surface area contributed by atoms with Crippen molar-refractivity contribution < 1.29 is 9.36 Å². The zero-order chi connectivity index (χ0) is 21.0. The Kier molecular flexibility index (Phi) is 6.06. The summed E-state index contributed by atoms with van der Waals surface area (Å²) in [6.45, 7) is 2.99. The van der Waals surface area contributed by atoms with E-state index in [0.717, 1.165) is 23.4 Å². The van der Waals surface area contributed by atoms with Gasteiger partial charge in [0.1, 0.15) is 5.78 Å². The highest BCUT2D eigenvalue weighted by atomic mass is 31.2. The van der Waals surface area contributed by atoms with Crippen LogP contribution in [0.2, 0.25) is 0 Å². The summed E-state index contributed by atoms with van der Waals surface area (Å²) in [5.41, 5.74) is 2.41. The number of ketones is 1. The molecular formula is C25H27N2O2P. The molecule has 0 spiro atoms. The molecule has 1 aliphatic heterocycles. The Labute approximate surface area is 178 Å². The van der Waals surface area contributed by atoms with Gasteiger partial charge in [-0.15, -0.1) is 0 Å². The van der Waals surface area contributed by atoms with Crippen LogP contribution in [0.15, 0.2) is 91.0 Å². The van der Waals surface area contributed by atoms with E-state index in [-0.39, 0.29) is 12.2 Å². The van der Waals surface area contributed by atoms with Gasteiger partial charge in [0, 0.05) is 30.9 Å². The molecule has 4 rings (SSSR count). The third-order valence-corrected chi connectivity index (χ3v) is 9.15. The zero-order valence-electron chi connectivity index (χ0n) is 17.2. The van der Waals surface area contributed by atoms with E-state index in [0.29, 0.717) is 13.1 Å². The Morgan fingerprint density at radius 3 is 1.67 bits per heavy atom. The minimum Gasteiger partial charge on any atom is -0.306 e. The Morgan fingerprint density at radius 1 is 0.800 bits per heavy atom. The molecule has 5 heteroatoms. The lowest BCUT2D eigenvalue weighted by Gasteiger charge is -2.49. The van der Waals surface area contributed by atoms with Gasteiger partial charge in [0.15, 0.2) is 0 Å². The number of benzene rings is 3. The van der Waals surface area contributed by atoms with Crippen LogP contribution in [0.1, 0.15) is 31.0 Å². The van der Waals surface area contributed by atoms with Gasteiger partial charge in [0.05, 0.1) is 5.66 Å². The number of Topliss-reactive ketones (excluding diaryl/α,β-unsaturated/α-hetero) is 1. The molecule has 0 aliphatic carbocycles. The SMILES string of the molecule is CC(=O)CC(c1ccccc1)P1(=O)N(c2ccccc2)CCCN1c1ccccc1. The quantitative estimate of drug-likeness (QED) is 0.440. The molecule has 1 aliphatic rings. The maximum atomic E-state index is 15.2. The van der Waals surface area contributed by atoms with E-state index in [9.17, 15) is 4.79 Å². The molecule has 30 heavy (non-hydrogen) atoms. The molecule has 1 saturated heterocycles. The molecule has 1 atom stereocenters. The monoisotopic (exact) mass is 418 g/mol. The normalized spacial score (nSPS) is 16.8. The number of hydrogen-bond donors (Lipinski definition) is 0. The van der Waals surface area contributed by atoms with Crippen LogP contribution < -0.4 is 9.34 Å². The van der Waals surface area contributed by atoms with E-state index >= 15 is 4.57 Å². The second-order valence-electron chi connectivity index (χ2n) is 7.69. The van der Waals surface area contributed by atoms with E-state index in [1.54, 1.807) is 6.92 Å². The van der Waals surface area contributed by atoms with Crippen molar-refractivity contribution in [2.75, 3.05) is 22.4 Å². The van der Waals surface area contributed by atoms with Crippen molar-refractivity contribution in [1.29, 1.82) is 0 Å².